The standard InChI is InChI=1S/C70H72N2.C70H76N2/c1-3-5-7-9-11-13-15-19-29-51-39-43-55(44-40-51)71-65-37-27-25-35-57(65)59-47-61-63(49-67(59)71)69(53-31-21-17-22-32-53)62-48-60-58-36-26-28-38-66(58)72(68(60)50-64(62)70(61)54-33-23-18-24-34-54)56-45-41-52(42-46-56)30-20-16-14-12-10-8-6-4-2;1-3-5-7-9-11-13-15-19-29-53-39-45-59(46-40-53)71-67-37-27-25-35-61(67)57-43-49-63-65(51-57)69(55-31-21-17-22-32-55)64-50-44-58(52-66(64)70(63)56-33-23-18-24-34-56)62-36-26-28-38-68(62)72-60-47-41-54(42-48-60)30-20-16-14-12-10-8-6-4-2/h17-18,21-28,31-50H,3-16,19-20,29-30H2,1-2H3;17-18,21-28,31-52,71-72H,3-16,19-20,29-30H2,1-2H3. The van der Waals surface area contributed by atoms with Crippen LogP contribution in [0.1, 0.15) is 255 Å². The zero-order valence-corrected chi connectivity index (χ0v) is 86.1. The molecular formula is C140H148N4. The molecule has 0 spiro atoms. The van der Waals surface area contributed by atoms with Crippen molar-refractivity contribution in [1.82, 2.24) is 9.13 Å². The molecule has 4 heteroatoms. The molecule has 2 N–H and O–H groups in total. The van der Waals surface area contributed by atoms with Crippen molar-refractivity contribution in [2.75, 3.05) is 10.6 Å². The highest BCUT2D eigenvalue weighted by Crippen LogP contribution is 2.52. The van der Waals surface area contributed by atoms with Crippen LogP contribution >= 0.6 is 0 Å². The summed E-state index contributed by atoms with van der Waals surface area (Å²) in [6.45, 7) is 9.18. The summed E-state index contributed by atoms with van der Waals surface area (Å²) in [7, 11) is 0. The number of nitrogens with zero attached hydrogens (tertiary/aromatic N) is 2. The summed E-state index contributed by atoms with van der Waals surface area (Å²) in [5.41, 5.74) is 32.2. The molecule has 144 heavy (non-hydrogen) atoms. The number of aromatic nitrogens is 2. The molecule has 0 aliphatic rings. The minimum Gasteiger partial charge on any atom is -0.355 e. The molecule has 0 bridgehead atoms. The van der Waals surface area contributed by atoms with Crippen LogP contribution in [0.25, 0.3) is 165 Å². The van der Waals surface area contributed by atoms with E-state index in [0.29, 0.717) is 0 Å². The third-order valence-electron chi connectivity index (χ3n) is 30.7. The minimum absolute atomic E-state index is 1.10. The second-order valence-corrected chi connectivity index (χ2v) is 41.0. The summed E-state index contributed by atoms with van der Waals surface area (Å²) in [4.78, 5) is 0. The Hall–Kier alpha value is -13.8. The molecule has 4 nitrogen and oxygen atoms in total. The van der Waals surface area contributed by atoms with Crippen LogP contribution in [0.2, 0.25) is 0 Å². The number of hydrogen-bond acceptors (Lipinski definition) is 2. The maximum absolute atomic E-state index is 3.82. The number of rotatable bonds is 48. The lowest BCUT2D eigenvalue weighted by Crippen LogP contribution is -1.97. The van der Waals surface area contributed by atoms with E-state index in [1.807, 2.05) is 0 Å². The molecule has 0 atom stereocenters. The highest BCUT2D eigenvalue weighted by Gasteiger charge is 2.26. The molecule has 0 saturated carbocycles. The maximum atomic E-state index is 3.82. The molecule has 18 aromatic carbocycles. The van der Waals surface area contributed by atoms with Gasteiger partial charge in [0.05, 0.1) is 22.1 Å². The van der Waals surface area contributed by atoms with Gasteiger partial charge in [-0.15, -0.1) is 0 Å². The van der Waals surface area contributed by atoms with Gasteiger partial charge in [0.1, 0.15) is 0 Å². The summed E-state index contributed by atoms with van der Waals surface area (Å²) in [5, 5.41) is 22.8. The molecule has 0 unspecified atom stereocenters. The van der Waals surface area contributed by atoms with Crippen LogP contribution < -0.4 is 10.6 Å². The van der Waals surface area contributed by atoms with E-state index >= 15 is 0 Å². The van der Waals surface area contributed by atoms with Crippen molar-refractivity contribution in [3.63, 3.8) is 0 Å². The third-order valence-corrected chi connectivity index (χ3v) is 30.7. The van der Waals surface area contributed by atoms with Gasteiger partial charge in [-0.25, -0.2) is 0 Å². The van der Waals surface area contributed by atoms with Crippen molar-refractivity contribution in [2.45, 2.75) is 259 Å². The lowest BCUT2D eigenvalue weighted by Gasteiger charge is -2.21. The quantitative estimate of drug-likeness (QED) is 0.0294. The largest absolute Gasteiger partial charge is 0.355 e. The number of anilines is 4. The Bertz CT molecular complexity index is 7100. The number of fused-ring (bicyclic) bond motifs is 10. The first-order valence-electron chi connectivity index (χ1n) is 55.6. The van der Waals surface area contributed by atoms with Gasteiger partial charge in [0.15, 0.2) is 0 Å². The van der Waals surface area contributed by atoms with E-state index in [9.17, 15) is 0 Å². The number of benzene rings is 18. The van der Waals surface area contributed by atoms with Crippen molar-refractivity contribution in [3.05, 3.63) is 398 Å². The van der Waals surface area contributed by atoms with Gasteiger partial charge in [-0.3, -0.25) is 0 Å². The molecule has 20 aromatic rings. The maximum Gasteiger partial charge on any atom is 0.0547 e. The van der Waals surface area contributed by atoms with E-state index in [0.717, 1.165) is 48.4 Å². The molecule has 728 valence electrons. The molecule has 0 saturated heterocycles. The van der Waals surface area contributed by atoms with Crippen LogP contribution in [-0.2, 0) is 25.7 Å². The smallest absolute Gasteiger partial charge is 0.0547 e. The van der Waals surface area contributed by atoms with Crippen molar-refractivity contribution in [3.8, 4) is 78.1 Å². The Morgan fingerprint density at radius 1 is 0.167 bits per heavy atom. The monoisotopic (exact) mass is 1890 g/mol. The first-order valence-corrected chi connectivity index (χ1v) is 55.6. The second kappa shape index (κ2) is 49.9. The van der Waals surface area contributed by atoms with E-state index < -0.39 is 0 Å². The zero-order chi connectivity index (χ0) is 97.8. The Kier molecular flexibility index (Phi) is 34.3. The summed E-state index contributed by atoms with van der Waals surface area (Å²) < 4.78 is 5.03. The SMILES string of the molecule is CCCCCCCCCCc1ccc(-n2c3ccccc3c3cc4c(-c5ccccc5)c5cc6c(cc5c(-c5ccccc5)c4cc32)c2ccccc2n6-c2ccc(CCCCCCCCCC)cc2)cc1.CCCCCCCCCCc1ccc(Nc2ccccc2-c2ccc3c(-c4ccccc4)c4cc(-c5ccccc5Nc5ccc(CCCCCCCCCC)cc5)ccc4c(-c4ccccc4)c3c2)cc1. The Morgan fingerprint density at radius 2 is 0.417 bits per heavy atom. The van der Waals surface area contributed by atoms with Crippen LogP contribution in [0.5, 0.6) is 0 Å². The van der Waals surface area contributed by atoms with Gasteiger partial charge in [0.25, 0.3) is 0 Å². The number of unbranched alkanes of at least 4 members (excludes halogenated alkanes) is 28. The fourth-order valence-corrected chi connectivity index (χ4v) is 22.9. The summed E-state index contributed by atoms with van der Waals surface area (Å²) >= 11 is 0. The number of aryl methyl sites for hydroxylation is 4. The normalized spacial score (nSPS) is 11.6. The predicted molar refractivity (Wildman–Crippen MR) is 629 cm³/mol. The Balaban J connectivity index is 0.000000182. The lowest BCUT2D eigenvalue weighted by molar-refractivity contribution is 0.575. The van der Waals surface area contributed by atoms with E-state index in [1.165, 1.54) is 393 Å². The Morgan fingerprint density at radius 3 is 0.729 bits per heavy atom. The molecule has 0 fully saturated rings. The van der Waals surface area contributed by atoms with Gasteiger partial charge < -0.3 is 19.8 Å². The Labute approximate surface area is 858 Å². The number of nitrogens with one attached hydrogen (secondary N) is 2. The second-order valence-electron chi connectivity index (χ2n) is 41.0. The molecule has 0 amide bonds. The molecule has 0 aliphatic heterocycles. The fourth-order valence-electron chi connectivity index (χ4n) is 22.9. The fraction of sp³-hybridized carbons (Fsp3) is 0.286. The van der Waals surface area contributed by atoms with E-state index in [1.54, 1.807) is 0 Å². The van der Waals surface area contributed by atoms with Crippen molar-refractivity contribution in [1.29, 1.82) is 0 Å². The minimum atomic E-state index is 1.10. The third kappa shape index (κ3) is 23.6. The summed E-state index contributed by atoms with van der Waals surface area (Å²) in [5.74, 6) is 0. The topological polar surface area (TPSA) is 33.9 Å². The van der Waals surface area contributed by atoms with Crippen molar-refractivity contribution < 1.29 is 0 Å². The average molecular weight is 1890 g/mol. The van der Waals surface area contributed by atoms with Gasteiger partial charge in [-0.2, -0.15) is 0 Å². The molecular weight excluding hydrogens is 1740 g/mol. The summed E-state index contributed by atoms with van der Waals surface area (Å²) in [6, 6.07) is 141. The highest BCUT2D eigenvalue weighted by molar-refractivity contribution is 6.29. The van der Waals surface area contributed by atoms with Gasteiger partial charge in [0.2, 0.25) is 0 Å². The van der Waals surface area contributed by atoms with Gasteiger partial charge in [-0.05, 0) is 282 Å². The van der Waals surface area contributed by atoms with Crippen LogP contribution in [0.4, 0.5) is 22.7 Å². The van der Waals surface area contributed by atoms with Crippen molar-refractivity contribution in [2.24, 2.45) is 0 Å². The van der Waals surface area contributed by atoms with Crippen LogP contribution in [-0.4, -0.2) is 9.13 Å². The molecule has 2 heterocycles. The molecule has 2 aromatic heterocycles. The number of para-hydroxylation sites is 4. The van der Waals surface area contributed by atoms with Crippen LogP contribution in [0, 0.1) is 0 Å². The number of hydrogen-bond donors (Lipinski definition) is 2. The summed E-state index contributed by atoms with van der Waals surface area (Å²) in [6.07, 6.45) is 47.7. The molecule has 0 aliphatic carbocycles. The van der Waals surface area contributed by atoms with Gasteiger partial charge in [-0.1, -0.05) is 474 Å². The molecule has 20 rings (SSSR count). The zero-order valence-electron chi connectivity index (χ0n) is 86.1. The average Bonchev–Trinajstić information content (AvgIpc) is 1.46. The van der Waals surface area contributed by atoms with Crippen LogP contribution in [0.15, 0.2) is 376 Å². The van der Waals surface area contributed by atoms with Crippen molar-refractivity contribution >= 4 is 109 Å². The lowest BCUT2D eigenvalue weighted by atomic mass is 9.83. The van der Waals surface area contributed by atoms with Gasteiger partial charge in [0, 0.05) is 66.8 Å². The first kappa shape index (κ1) is 99.0. The highest BCUT2D eigenvalue weighted by atomic mass is 15.0. The molecule has 0 radical (unpaired) electrons. The van der Waals surface area contributed by atoms with E-state index in [4.69, 9.17) is 0 Å². The van der Waals surface area contributed by atoms with Gasteiger partial charge >= 0.3 is 0 Å². The first-order chi connectivity index (χ1) is 71.4. The van der Waals surface area contributed by atoms with E-state index in [-0.39, 0.29) is 0 Å². The van der Waals surface area contributed by atoms with Crippen LogP contribution in [0.3, 0.4) is 0 Å². The van der Waals surface area contributed by atoms with E-state index in [2.05, 4.69) is 424 Å². The predicted octanol–water partition coefficient (Wildman–Crippen LogP) is 42.4.